The smallest absolute Gasteiger partial charge is 0.156 e. The molecule has 1 unspecified atom stereocenters. The van der Waals surface area contributed by atoms with Gasteiger partial charge in [0, 0.05) is 18.3 Å². The highest BCUT2D eigenvalue weighted by molar-refractivity contribution is 8.13. The summed E-state index contributed by atoms with van der Waals surface area (Å²) in [7, 11) is 0. The Balaban J connectivity index is 1.52. The van der Waals surface area contributed by atoms with Crippen molar-refractivity contribution in [1.82, 2.24) is 5.32 Å². The molecule has 3 heteroatoms. The first-order valence-electron chi connectivity index (χ1n) is 7.71. The van der Waals surface area contributed by atoms with E-state index in [4.69, 9.17) is 4.99 Å². The third-order valence-electron chi connectivity index (χ3n) is 5.20. The molecule has 2 aliphatic carbocycles. The van der Waals surface area contributed by atoms with E-state index in [-0.39, 0.29) is 0 Å². The second-order valence-electron chi connectivity index (χ2n) is 6.59. The molecule has 0 aromatic carbocycles. The summed E-state index contributed by atoms with van der Waals surface area (Å²) in [5.74, 6) is 2.20. The molecule has 0 saturated heterocycles. The van der Waals surface area contributed by atoms with Crippen molar-refractivity contribution in [3.05, 3.63) is 0 Å². The van der Waals surface area contributed by atoms with E-state index >= 15 is 0 Å². The number of thioether (sulfide) groups is 1. The third kappa shape index (κ3) is 2.71. The average Bonchev–Trinajstić information content (AvgIpc) is 2.31. The number of aliphatic imine (C=N–C) groups is 1. The van der Waals surface area contributed by atoms with Gasteiger partial charge in [-0.25, -0.2) is 0 Å². The van der Waals surface area contributed by atoms with Gasteiger partial charge >= 0.3 is 0 Å². The van der Waals surface area contributed by atoms with Crippen LogP contribution in [0.1, 0.15) is 58.3 Å². The average molecular weight is 266 g/mol. The standard InChI is InChI=1S/C15H26N2S/c1-12(13-6-5-7-13)17-14-16-10-15(11-18-14)8-3-2-4-9-15/h12-13H,2-11H2,1H3,(H,16,17). The molecule has 3 aliphatic rings. The van der Waals surface area contributed by atoms with Crippen LogP contribution >= 0.6 is 11.8 Å². The lowest BCUT2D eigenvalue weighted by Crippen LogP contribution is -2.43. The summed E-state index contributed by atoms with van der Waals surface area (Å²) < 4.78 is 0. The summed E-state index contributed by atoms with van der Waals surface area (Å²) in [6.07, 6.45) is 11.4. The lowest BCUT2D eigenvalue weighted by atomic mass is 9.75. The van der Waals surface area contributed by atoms with Crippen LogP contribution in [0.3, 0.4) is 0 Å². The highest BCUT2D eigenvalue weighted by Gasteiger charge is 2.35. The Morgan fingerprint density at radius 3 is 2.56 bits per heavy atom. The zero-order chi connectivity index (χ0) is 12.4. The normalized spacial score (nSPS) is 29.5. The molecule has 1 atom stereocenters. The van der Waals surface area contributed by atoms with Gasteiger partial charge in [-0.1, -0.05) is 37.4 Å². The van der Waals surface area contributed by atoms with Crippen molar-refractivity contribution >= 4 is 16.9 Å². The molecule has 2 fully saturated rings. The molecule has 2 saturated carbocycles. The number of nitrogens with zero attached hydrogens (tertiary/aromatic N) is 1. The Morgan fingerprint density at radius 1 is 1.22 bits per heavy atom. The van der Waals surface area contributed by atoms with Crippen LogP contribution in [-0.2, 0) is 0 Å². The van der Waals surface area contributed by atoms with Crippen LogP contribution in [0.2, 0.25) is 0 Å². The maximum absolute atomic E-state index is 4.86. The first-order valence-corrected chi connectivity index (χ1v) is 8.70. The van der Waals surface area contributed by atoms with Gasteiger partial charge in [0.05, 0.1) is 0 Å². The Hall–Kier alpha value is -0.180. The van der Waals surface area contributed by atoms with Gasteiger partial charge < -0.3 is 5.32 Å². The van der Waals surface area contributed by atoms with Gasteiger partial charge in [-0.15, -0.1) is 0 Å². The fourth-order valence-electron chi connectivity index (χ4n) is 3.50. The predicted octanol–water partition coefficient (Wildman–Crippen LogP) is 3.82. The van der Waals surface area contributed by atoms with Crippen molar-refractivity contribution in [3.63, 3.8) is 0 Å². The molecule has 0 amide bonds. The molecule has 1 N–H and O–H groups in total. The zero-order valence-corrected chi connectivity index (χ0v) is 12.4. The minimum atomic E-state index is 0.563. The summed E-state index contributed by atoms with van der Waals surface area (Å²) in [5, 5.41) is 4.88. The van der Waals surface area contributed by atoms with E-state index < -0.39 is 0 Å². The van der Waals surface area contributed by atoms with Crippen molar-refractivity contribution in [3.8, 4) is 0 Å². The quantitative estimate of drug-likeness (QED) is 0.821. The van der Waals surface area contributed by atoms with Gasteiger partial charge in [0.25, 0.3) is 0 Å². The van der Waals surface area contributed by atoms with Gasteiger partial charge in [0.1, 0.15) is 0 Å². The first-order chi connectivity index (χ1) is 8.77. The topological polar surface area (TPSA) is 24.4 Å². The number of nitrogens with one attached hydrogen (secondary N) is 1. The van der Waals surface area contributed by atoms with Crippen molar-refractivity contribution < 1.29 is 0 Å². The van der Waals surface area contributed by atoms with Crippen molar-refractivity contribution in [2.45, 2.75) is 64.3 Å². The van der Waals surface area contributed by atoms with Crippen molar-refractivity contribution in [2.24, 2.45) is 16.3 Å². The molecule has 102 valence electrons. The SMILES string of the molecule is CC(NC1=NCC2(CCCCC2)CS1)C1CCC1. The summed E-state index contributed by atoms with van der Waals surface area (Å²) in [6.45, 7) is 3.41. The molecule has 1 spiro atoms. The lowest BCUT2D eigenvalue weighted by Gasteiger charge is -2.39. The van der Waals surface area contributed by atoms with E-state index in [1.807, 2.05) is 11.8 Å². The molecule has 0 bridgehead atoms. The highest BCUT2D eigenvalue weighted by atomic mass is 32.2. The molecule has 0 aromatic rings. The van der Waals surface area contributed by atoms with Gasteiger partial charge in [0.15, 0.2) is 5.17 Å². The van der Waals surface area contributed by atoms with Crippen LogP contribution in [0.25, 0.3) is 0 Å². The van der Waals surface area contributed by atoms with Crippen LogP contribution in [0.5, 0.6) is 0 Å². The molecule has 2 nitrogen and oxygen atoms in total. The number of rotatable bonds is 2. The summed E-state index contributed by atoms with van der Waals surface area (Å²) in [6, 6.07) is 0.630. The van der Waals surface area contributed by atoms with Crippen LogP contribution in [0.4, 0.5) is 0 Å². The lowest BCUT2D eigenvalue weighted by molar-refractivity contribution is 0.231. The molecular weight excluding hydrogens is 240 g/mol. The van der Waals surface area contributed by atoms with Crippen molar-refractivity contribution in [1.29, 1.82) is 0 Å². The van der Waals surface area contributed by atoms with E-state index in [0.29, 0.717) is 11.5 Å². The van der Waals surface area contributed by atoms with Crippen LogP contribution in [-0.4, -0.2) is 23.5 Å². The fourth-order valence-corrected chi connectivity index (χ4v) is 4.74. The van der Waals surface area contributed by atoms with Crippen molar-refractivity contribution in [2.75, 3.05) is 12.3 Å². The number of amidine groups is 1. The molecule has 0 aromatic heterocycles. The Bertz CT molecular complexity index is 316. The Morgan fingerprint density at radius 2 is 2.00 bits per heavy atom. The monoisotopic (exact) mass is 266 g/mol. The molecule has 1 heterocycles. The van der Waals surface area contributed by atoms with Crippen LogP contribution in [0, 0.1) is 11.3 Å². The van der Waals surface area contributed by atoms with Gasteiger partial charge in [0.2, 0.25) is 0 Å². The molecule has 1 aliphatic heterocycles. The van der Waals surface area contributed by atoms with Gasteiger partial charge in [-0.3, -0.25) is 4.99 Å². The third-order valence-corrected chi connectivity index (χ3v) is 6.47. The van der Waals surface area contributed by atoms with E-state index in [2.05, 4.69) is 12.2 Å². The second-order valence-corrected chi connectivity index (χ2v) is 7.56. The predicted molar refractivity (Wildman–Crippen MR) is 80.2 cm³/mol. The molecule has 3 rings (SSSR count). The van der Waals surface area contributed by atoms with E-state index in [1.165, 1.54) is 62.3 Å². The maximum Gasteiger partial charge on any atom is 0.156 e. The summed E-state index contributed by atoms with van der Waals surface area (Å²) in [4.78, 5) is 4.86. The minimum Gasteiger partial charge on any atom is -0.362 e. The van der Waals surface area contributed by atoms with E-state index in [9.17, 15) is 0 Å². The van der Waals surface area contributed by atoms with E-state index in [1.54, 1.807) is 0 Å². The first kappa shape index (κ1) is 12.8. The van der Waals surface area contributed by atoms with Gasteiger partial charge in [-0.05, 0) is 43.9 Å². The fraction of sp³-hybridized carbons (Fsp3) is 0.933. The Labute approximate surface area is 115 Å². The molecule has 0 radical (unpaired) electrons. The number of hydrogen-bond donors (Lipinski definition) is 1. The molecular formula is C15H26N2S. The minimum absolute atomic E-state index is 0.563. The van der Waals surface area contributed by atoms with Crippen LogP contribution < -0.4 is 5.32 Å². The zero-order valence-electron chi connectivity index (χ0n) is 11.6. The summed E-state index contributed by atoms with van der Waals surface area (Å²) >= 11 is 1.99. The van der Waals surface area contributed by atoms with Gasteiger partial charge in [-0.2, -0.15) is 0 Å². The Kier molecular flexibility index (Phi) is 3.88. The second kappa shape index (κ2) is 5.44. The summed E-state index contributed by atoms with van der Waals surface area (Å²) in [5.41, 5.74) is 0.563. The number of hydrogen-bond acceptors (Lipinski definition) is 3. The largest absolute Gasteiger partial charge is 0.362 e. The highest BCUT2D eigenvalue weighted by Crippen LogP contribution is 2.41. The van der Waals surface area contributed by atoms with E-state index in [0.717, 1.165) is 12.5 Å². The maximum atomic E-state index is 4.86. The van der Waals surface area contributed by atoms with Crippen LogP contribution in [0.15, 0.2) is 4.99 Å². The molecule has 18 heavy (non-hydrogen) atoms.